The maximum Gasteiger partial charge on any atom is 0.415 e. The number of amides is 3. The van der Waals surface area contributed by atoms with Gasteiger partial charge in [-0.05, 0) is 78.6 Å². The van der Waals surface area contributed by atoms with E-state index in [9.17, 15) is 19.2 Å². The number of carbonyl (C=O) groups excluding carboxylic acids is 4. The van der Waals surface area contributed by atoms with Gasteiger partial charge in [0, 0.05) is 25.7 Å². The second kappa shape index (κ2) is 12.2. The van der Waals surface area contributed by atoms with Crippen molar-refractivity contribution in [2.75, 3.05) is 32.2 Å². The maximum atomic E-state index is 13.4. The molecule has 40 heavy (non-hydrogen) atoms. The van der Waals surface area contributed by atoms with Gasteiger partial charge in [-0.2, -0.15) is 0 Å². The third kappa shape index (κ3) is 8.13. The van der Waals surface area contributed by atoms with Crippen LogP contribution in [-0.2, 0) is 19.0 Å². The second-order valence-corrected chi connectivity index (χ2v) is 11.8. The van der Waals surface area contributed by atoms with Gasteiger partial charge in [0.15, 0.2) is 6.04 Å². The van der Waals surface area contributed by atoms with Gasteiger partial charge in [0.25, 0.3) is 0 Å². The molecular weight excluding hydrogens is 524 g/mol. The van der Waals surface area contributed by atoms with Crippen molar-refractivity contribution < 1.29 is 43.3 Å². The van der Waals surface area contributed by atoms with E-state index in [0.29, 0.717) is 18.5 Å². The summed E-state index contributed by atoms with van der Waals surface area (Å²) in [7, 11) is 1.19. The van der Waals surface area contributed by atoms with E-state index in [1.807, 2.05) is 5.48 Å². The monoisotopic (exact) mass is 564 g/mol. The minimum Gasteiger partial charge on any atom is -0.467 e. The average molecular weight is 565 g/mol. The summed E-state index contributed by atoms with van der Waals surface area (Å²) in [5.41, 5.74) is 0.763. The summed E-state index contributed by atoms with van der Waals surface area (Å²) in [5.74, 6) is -0.525. The average Bonchev–Trinajstić information content (AvgIpc) is 3.69. The van der Waals surface area contributed by atoms with Crippen molar-refractivity contribution >= 4 is 29.9 Å². The first-order valence-corrected chi connectivity index (χ1v) is 13.2. The maximum absolute atomic E-state index is 13.4. The molecule has 13 nitrogen and oxygen atoms in total. The summed E-state index contributed by atoms with van der Waals surface area (Å²) in [6.45, 7) is 10.2. The molecule has 2 atom stereocenters. The Morgan fingerprint density at radius 2 is 1.45 bits per heavy atom. The van der Waals surface area contributed by atoms with Crippen molar-refractivity contribution in [2.24, 2.45) is 0 Å². The number of ether oxygens (including phenoxy) is 4. The number of carbonyl (C=O) groups is 4. The molecule has 2 N–H and O–H groups in total. The molecule has 13 heteroatoms. The van der Waals surface area contributed by atoms with Gasteiger partial charge in [-0.1, -0.05) is 0 Å². The number of nitrogens with one attached hydrogen (secondary N) is 1. The molecule has 0 spiro atoms. The molecule has 2 fully saturated rings. The molecule has 3 amide bonds. The molecule has 1 heterocycles. The Kier molecular flexibility index (Phi) is 9.39. The SMILES string of the molecule is COC(=O)C1C(CN(C(=O)Oc2ccc(NO)cc2)C2CC2)N(C(=O)OC(C)(C)C)CCN1C(=O)OC(C)(C)C. The highest BCUT2D eigenvalue weighted by Gasteiger charge is 2.50. The van der Waals surface area contributed by atoms with Gasteiger partial charge < -0.3 is 23.8 Å². The van der Waals surface area contributed by atoms with Crippen LogP contribution in [0.2, 0.25) is 0 Å². The molecule has 222 valence electrons. The number of rotatable bonds is 6. The number of anilines is 1. The Balaban J connectivity index is 1.95. The fourth-order valence-corrected chi connectivity index (χ4v) is 4.29. The number of piperazine rings is 1. The molecule has 1 saturated heterocycles. The standard InChI is InChI=1S/C27H40N4O9/c1-26(2,3)39-24(34)29-14-15-30(25(35)40-27(4,5)6)21(22(32)37-7)20(29)16-31(18-10-11-18)23(33)38-19-12-8-17(28-36)9-13-19/h8-9,12-13,18,20-21,28,36H,10-11,14-16H2,1-7H3. The molecule has 0 bridgehead atoms. The molecule has 1 aliphatic heterocycles. The number of benzene rings is 1. The van der Waals surface area contributed by atoms with Crippen LogP contribution in [0, 0.1) is 0 Å². The zero-order valence-corrected chi connectivity index (χ0v) is 24.1. The van der Waals surface area contributed by atoms with E-state index in [1.165, 1.54) is 46.1 Å². The summed E-state index contributed by atoms with van der Waals surface area (Å²) in [5, 5.41) is 9.03. The van der Waals surface area contributed by atoms with E-state index in [-0.39, 0.29) is 31.4 Å². The normalized spacial score (nSPS) is 19.4. The predicted molar refractivity (Wildman–Crippen MR) is 143 cm³/mol. The zero-order chi connectivity index (χ0) is 29.8. The van der Waals surface area contributed by atoms with Crippen LogP contribution in [0.3, 0.4) is 0 Å². The van der Waals surface area contributed by atoms with Crippen LogP contribution in [0.1, 0.15) is 54.4 Å². The van der Waals surface area contributed by atoms with Crippen LogP contribution in [0.25, 0.3) is 0 Å². The molecule has 2 aliphatic rings. The van der Waals surface area contributed by atoms with E-state index in [4.69, 9.17) is 24.2 Å². The van der Waals surface area contributed by atoms with Gasteiger partial charge in [-0.3, -0.25) is 20.5 Å². The smallest absolute Gasteiger partial charge is 0.415 e. The van der Waals surface area contributed by atoms with Crippen LogP contribution in [0.4, 0.5) is 20.1 Å². The van der Waals surface area contributed by atoms with Crippen molar-refractivity contribution in [2.45, 2.75) is 83.7 Å². The van der Waals surface area contributed by atoms with Crippen molar-refractivity contribution in [3.8, 4) is 5.75 Å². The lowest BCUT2D eigenvalue weighted by Crippen LogP contribution is -2.68. The molecule has 1 aliphatic carbocycles. The van der Waals surface area contributed by atoms with Crippen molar-refractivity contribution in [1.82, 2.24) is 14.7 Å². The van der Waals surface area contributed by atoms with Gasteiger partial charge in [0.05, 0.1) is 18.8 Å². The lowest BCUT2D eigenvalue weighted by atomic mass is 10.0. The number of methoxy groups -OCH3 is 1. The molecule has 0 radical (unpaired) electrons. The summed E-state index contributed by atoms with van der Waals surface area (Å²) in [6, 6.07) is 3.61. The fourth-order valence-electron chi connectivity index (χ4n) is 4.29. The van der Waals surface area contributed by atoms with Gasteiger partial charge in [0.2, 0.25) is 0 Å². The first kappa shape index (κ1) is 30.8. The quantitative estimate of drug-likeness (QED) is 0.297. The van der Waals surface area contributed by atoms with Gasteiger partial charge in [-0.15, -0.1) is 0 Å². The molecular formula is C27H40N4O9. The van der Waals surface area contributed by atoms with Gasteiger partial charge >= 0.3 is 24.2 Å². The summed E-state index contributed by atoms with van der Waals surface area (Å²) >= 11 is 0. The van der Waals surface area contributed by atoms with Gasteiger partial charge in [-0.25, -0.2) is 19.2 Å². The van der Waals surface area contributed by atoms with Crippen molar-refractivity contribution in [3.05, 3.63) is 24.3 Å². The molecule has 2 unspecified atom stereocenters. The van der Waals surface area contributed by atoms with E-state index in [0.717, 1.165) is 0 Å². The van der Waals surface area contributed by atoms with E-state index in [1.54, 1.807) is 41.5 Å². The Hall–Kier alpha value is -3.74. The minimum atomic E-state index is -1.27. The largest absolute Gasteiger partial charge is 0.467 e. The second-order valence-electron chi connectivity index (χ2n) is 11.8. The molecule has 1 aromatic rings. The highest BCUT2D eigenvalue weighted by Crippen LogP contribution is 2.32. The highest BCUT2D eigenvalue weighted by molar-refractivity contribution is 5.84. The van der Waals surface area contributed by atoms with E-state index < -0.39 is 47.5 Å². The first-order valence-electron chi connectivity index (χ1n) is 13.2. The molecule has 1 aromatic carbocycles. The predicted octanol–water partition coefficient (Wildman–Crippen LogP) is 3.85. The number of hydrogen-bond acceptors (Lipinski definition) is 10. The summed E-state index contributed by atoms with van der Waals surface area (Å²) in [4.78, 5) is 57.1. The third-order valence-corrected chi connectivity index (χ3v) is 6.18. The number of esters is 1. The van der Waals surface area contributed by atoms with Crippen LogP contribution in [-0.4, -0.2) is 100 Å². The van der Waals surface area contributed by atoms with E-state index >= 15 is 0 Å². The lowest BCUT2D eigenvalue weighted by molar-refractivity contribution is -0.152. The number of hydrogen-bond donors (Lipinski definition) is 2. The first-order chi connectivity index (χ1) is 18.6. The minimum absolute atomic E-state index is 0.0104. The van der Waals surface area contributed by atoms with Crippen molar-refractivity contribution in [1.29, 1.82) is 0 Å². The summed E-state index contributed by atoms with van der Waals surface area (Å²) < 4.78 is 21.8. The molecule has 3 rings (SSSR count). The van der Waals surface area contributed by atoms with Crippen molar-refractivity contribution in [3.63, 3.8) is 0 Å². The Morgan fingerprint density at radius 1 is 0.925 bits per heavy atom. The Bertz CT molecular complexity index is 1080. The molecule has 0 aromatic heterocycles. The summed E-state index contributed by atoms with van der Waals surface area (Å²) in [6.07, 6.45) is -0.698. The van der Waals surface area contributed by atoms with Crippen LogP contribution in [0.15, 0.2) is 24.3 Å². The third-order valence-electron chi connectivity index (χ3n) is 6.18. The zero-order valence-electron chi connectivity index (χ0n) is 24.1. The van der Waals surface area contributed by atoms with Crippen LogP contribution in [0.5, 0.6) is 5.75 Å². The Morgan fingerprint density at radius 3 is 1.93 bits per heavy atom. The fraction of sp³-hybridized carbons (Fsp3) is 0.630. The highest BCUT2D eigenvalue weighted by atomic mass is 16.6. The number of nitrogens with zero attached hydrogens (tertiary/aromatic N) is 3. The van der Waals surface area contributed by atoms with Crippen LogP contribution >= 0.6 is 0 Å². The lowest BCUT2D eigenvalue weighted by Gasteiger charge is -2.47. The molecule has 1 saturated carbocycles. The van der Waals surface area contributed by atoms with Gasteiger partial charge in [0.1, 0.15) is 17.0 Å². The van der Waals surface area contributed by atoms with Crippen LogP contribution < -0.4 is 10.2 Å². The van der Waals surface area contributed by atoms with E-state index in [2.05, 4.69) is 0 Å². The topological polar surface area (TPSA) is 147 Å². The Labute approximate surface area is 234 Å².